The van der Waals surface area contributed by atoms with E-state index in [4.69, 9.17) is 4.74 Å². The molecule has 3 aromatic rings. The van der Waals surface area contributed by atoms with E-state index in [0.717, 1.165) is 5.56 Å². The fourth-order valence-corrected chi connectivity index (χ4v) is 2.78. The number of ether oxygens (including phenoxy) is 1. The SMILES string of the molecule is CCOc1ccc(-c2cccc(NC(=O)c3ccc(C(C)(C)C)cc3)c2)nn1. The molecule has 5 heteroatoms. The van der Waals surface area contributed by atoms with Crippen LogP contribution in [0, 0.1) is 0 Å². The third-order valence-corrected chi connectivity index (χ3v) is 4.36. The van der Waals surface area contributed by atoms with Crippen LogP contribution in [0.2, 0.25) is 0 Å². The zero-order valence-electron chi connectivity index (χ0n) is 16.7. The summed E-state index contributed by atoms with van der Waals surface area (Å²) in [6.45, 7) is 8.90. The van der Waals surface area contributed by atoms with Crippen LogP contribution in [0.1, 0.15) is 43.6 Å². The molecule has 0 atom stereocenters. The molecule has 0 aliphatic heterocycles. The molecule has 28 heavy (non-hydrogen) atoms. The van der Waals surface area contributed by atoms with Gasteiger partial charge in [0.15, 0.2) is 0 Å². The standard InChI is InChI=1S/C23H25N3O2/c1-5-28-21-14-13-20(25-26-21)17-7-6-8-19(15-17)24-22(27)16-9-11-18(12-10-16)23(2,3)4/h6-15H,5H2,1-4H3,(H,24,27). The first-order valence-electron chi connectivity index (χ1n) is 9.35. The van der Waals surface area contributed by atoms with E-state index in [2.05, 4.69) is 36.3 Å². The van der Waals surface area contributed by atoms with Crippen molar-refractivity contribution in [1.29, 1.82) is 0 Å². The minimum Gasteiger partial charge on any atom is -0.477 e. The van der Waals surface area contributed by atoms with Gasteiger partial charge in [0.2, 0.25) is 5.88 Å². The summed E-state index contributed by atoms with van der Waals surface area (Å²) in [4.78, 5) is 12.6. The Hall–Kier alpha value is -3.21. The summed E-state index contributed by atoms with van der Waals surface area (Å²) in [5.74, 6) is 0.352. The van der Waals surface area contributed by atoms with Crippen LogP contribution in [0.4, 0.5) is 5.69 Å². The van der Waals surface area contributed by atoms with Crippen LogP contribution in [0.15, 0.2) is 60.7 Å². The van der Waals surface area contributed by atoms with Gasteiger partial charge in [0, 0.05) is 22.9 Å². The van der Waals surface area contributed by atoms with Crippen LogP contribution in [0.5, 0.6) is 5.88 Å². The van der Waals surface area contributed by atoms with Crippen LogP contribution in [-0.4, -0.2) is 22.7 Å². The molecule has 0 fully saturated rings. The molecule has 0 spiro atoms. The molecule has 0 aliphatic carbocycles. The van der Waals surface area contributed by atoms with Crippen molar-refractivity contribution in [1.82, 2.24) is 10.2 Å². The summed E-state index contributed by atoms with van der Waals surface area (Å²) in [6, 6.07) is 18.9. The number of hydrogen-bond donors (Lipinski definition) is 1. The normalized spacial score (nSPS) is 11.1. The van der Waals surface area contributed by atoms with E-state index in [9.17, 15) is 4.79 Å². The Kier molecular flexibility index (Phi) is 5.73. The number of aromatic nitrogens is 2. The predicted molar refractivity (Wildman–Crippen MR) is 112 cm³/mol. The Morgan fingerprint density at radius 1 is 1.00 bits per heavy atom. The molecule has 0 saturated heterocycles. The van der Waals surface area contributed by atoms with Crippen LogP contribution in [0.3, 0.4) is 0 Å². The minimum absolute atomic E-state index is 0.0576. The van der Waals surface area contributed by atoms with Crippen molar-refractivity contribution < 1.29 is 9.53 Å². The van der Waals surface area contributed by atoms with Gasteiger partial charge in [0.1, 0.15) is 0 Å². The second-order valence-electron chi connectivity index (χ2n) is 7.55. The van der Waals surface area contributed by atoms with Crippen molar-refractivity contribution in [3.8, 4) is 17.1 Å². The lowest BCUT2D eigenvalue weighted by Gasteiger charge is -2.19. The maximum atomic E-state index is 12.6. The Bertz CT molecular complexity index is 943. The molecular weight excluding hydrogens is 350 g/mol. The maximum Gasteiger partial charge on any atom is 0.255 e. The van der Waals surface area contributed by atoms with Gasteiger partial charge in [-0.25, -0.2) is 0 Å². The first-order chi connectivity index (χ1) is 13.4. The number of benzene rings is 2. The molecule has 0 unspecified atom stereocenters. The quantitative estimate of drug-likeness (QED) is 0.674. The molecule has 1 N–H and O–H groups in total. The van der Waals surface area contributed by atoms with E-state index in [1.165, 1.54) is 5.56 Å². The highest BCUT2D eigenvalue weighted by Crippen LogP contribution is 2.24. The summed E-state index contributed by atoms with van der Waals surface area (Å²) in [5, 5.41) is 11.2. The van der Waals surface area contributed by atoms with Crippen LogP contribution in [0.25, 0.3) is 11.3 Å². The van der Waals surface area contributed by atoms with Gasteiger partial charge < -0.3 is 10.1 Å². The number of hydrogen-bond acceptors (Lipinski definition) is 4. The van der Waals surface area contributed by atoms with E-state index in [1.807, 2.05) is 61.5 Å². The number of nitrogens with one attached hydrogen (secondary N) is 1. The van der Waals surface area contributed by atoms with E-state index in [1.54, 1.807) is 6.07 Å². The highest BCUT2D eigenvalue weighted by atomic mass is 16.5. The van der Waals surface area contributed by atoms with Gasteiger partial charge in [-0.05, 0) is 48.2 Å². The molecule has 2 aromatic carbocycles. The molecular formula is C23H25N3O2. The summed E-state index contributed by atoms with van der Waals surface area (Å²) in [5.41, 5.74) is 4.17. The van der Waals surface area contributed by atoms with E-state index >= 15 is 0 Å². The smallest absolute Gasteiger partial charge is 0.255 e. The topological polar surface area (TPSA) is 64.1 Å². The molecule has 5 nitrogen and oxygen atoms in total. The van der Waals surface area contributed by atoms with Crippen molar-refractivity contribution in [3.63, 3.8) is 0 Å². The average Bonchev–Trinajstić information content (AvgIpc) is 2.68. The number of anilines is 1. The largest absolute Gasteiger partial charge is 0.477 e. The Morgan fingerprint density at radius 3 is 2.36 bits per heavy atom. The lowest BCUT2D eigenvalue weighted by Crippen LogP contribution is -2.14. The van der Waals surface area contributed by atoms with Gasteiger partial charge in [0.25, 0.3) is 5.91 Å². The van der Waals surface area contributed by atoms with Gasteiger partial charge in [-0.2, -0.15) is 0 Å². The maximum absolute atomic E-state index is 12.6. The third-order valence-electron chi connectivity index (χ3n) is 4.36. The highest BCUT2D eigenvalue weighted by molar-refractivity contribution is 6.04. The van der Waals surface area contributed by atoms with E-state index < -0.39 is 0 Å². The number of nitrogens with zero attached hydrogens (tertiary/aromatic N) is 2. The van der Waals surface area contributed by atoms with Gasteiger partial charge in [-0.1, -0.05) is 45.0 Å². The fourth-order valence-electron chi connectivity index (χ4n) is 2.78. The lowest BCUT2D eigenvalue weighted by atomic mass is 9.87. The van der Waals surface area contributed by atoms with Gasteiger partial charge >= 0.3 is 0 Å². The Balaban J connectivity index is 1.74. The first-order valence-corrected chi connectivity index (χ1v) is 9.35. The summed E-state index contributed by atoms with van der Waals surface area (Å²) in [6.07, 6.45) is 0. The van der Waals surface area contributed by atoms with Crippen LogP contribution in [-0.2, 0) is 5.41 Å². The van der Waals surface area contributed by atoms with E-state index in [-0.39, 0.29) is 11.3 Å². The molecule has 0 saturated carbocycles. The van der Waals surface area contributed by atoms with Crippen molar-refractivity contribution in [2.75, 3.05) is 11.9 Å². The molecule has 144 valence electrons. The van der Waals surface area contributed by atoms with Gasteiger partial charge in [-0.15, -0.1) is 10.2 Å². The third kappa shape index (κ3) is 4.74. The predicted octanol–water partition coefficient (Wildman–Crippen LogP) is 5.09. The molecule has 0 aliphatic rings. The molecule has 0 bridgehead atoms. The van der Waals surface area contributed by atoms with Crippen LogP contribution >= 0.6 is 0 Å². The molecule has 1 heterocycles. The minimum atomic E-state index is -0.143. The summed E-state index contributed by atoms with van der Waals surface area (Å²) >= 11 is 0. The Labute approximate surface area is 165 Å². The number of carbonyl (C=O) groups is 1. The van der Waals surface area contributed by atoms with Gasteiger partial charge in [-0.3, -0.25) is 4.79 Å². The molecule has 0 radical (unpaired) electrons. The number of carbonyl (C=O) groups excluding carboxylic acids is 1. The van der Waals surface area contributed by atoms with E-state index in [0.29, 0.717) is 29.4 Å². The summed E-state index contributed by atoms with van der Waals surface area (Å²) in [7, 11) is 0. The summed E-state index contributed by atoms with van der Waals surface area (Å²) < 4.78 is 5.32. The average molecular weight is 375 g/mol. The number of rotatable bonds is 5. The zero-order valence-corrected chi connectivity index (χ0v) is 16.7. The van der Waals surface area contributed by atoms with Crippen molar-refractivity contribution in [2.45, 2.75) is 33.1 Å². The molecule has 3 rings (SSSR count). The van der Waals surface area contributed by atoms with Crippen LogP contribution < -0.4 is 10.1 Å². The first kappa shape index (κ1) is 19.5. The zero-order chi connectivity index (χ0) is 20.1. The highest BCUT2D eigenvalue weighted by Gasteiger charge is 2.14. The lowest BCUT2D eigenvalue weighted by molar-refractivity contribution is 0.102. The second-order valence-corrected chi connectivity index (χ2v) is 7.55. The van der Waals surface area contributed by atoms with Crippen molar-refractivity contribution in [3.05, 3.63) is 71.8 Å². The van der Waals surface area contributed by atoms with Crippen molar-refractivity contribution >= 4 is 11.6 Å². The molecule has 1 aromatic heterocycles. The number of amides is 1. The van der Waals surface area contributed by atoms with Crippen molar-refractivity contribution in [2.24, 2.45) is 0 Å². The molecule has 1 amide bonds. The fraction of sp³-hybridized carbons (Fsp3) is 0.261. The Morgan fingerprint density at radius 2 is 1.75 bits per heavy atom. The monoisotopic (exact) mass is 375 g/mol. The van der Waals surface area contributed by atoms with Gasteiger partial charge in [0.05, 0.1) is 12.3 Å². The second kappa shape index (κ2) is 8.21.